The maximum Gasteiger partial charge on any atom is 0.238 e. The van der Waals surface area contributed by atoms with Crippen molar-refractivity contribution in [2.75, 3.05) is 25.0 Å². The van der Waals surface area contributed by atoms with Crippen LogP contribution in [0.4, 0.5) is 5.69 Å². The van der Waals surface area contributed by atoms with E-state index < -0.39 is 0 Å². The molecule has 116 valence electrons. The van der Waals surface area contributed by atoms with E-state index in [1.165, 1.54) is 12.0 Å². The lowest BCUT2D eigenvalue weighted by molar-refractivity contribution is -0.117. The maximum atomic E-state index is 12.3. The summed E-state index contributed by atoms with van der Waals surface area (Å²) in [6.07, 6.45) is 1.27. The molecular weight excluding hydrogens is 260 g/mol. The van der Waals surface area contributed by atoms with Gasteiger partial charge in [0.25, 0.3) is 0 Å². The van der Waals surface area contributed by atoms with Crippen molar-refractivity contribution in [1.29, 1.82) is 0 Å². The molecule has 0 saturated carbocycles. The minimum absolute atomic E-state index is 0.101. The number of nitrogens with one attached hydrogen (secondary N) is 1. The Bertz CT molecular complexity index is 474. The summed E-state index contributed by atoms with van der Waals surface area (Å²) in [4.78, 5) is 14.6. The van der Waals surface area contributed by atoms with Gasteiger partial charge in [-0.15, -0.1) is 0 Å². The summed E-state index contributed by atoms with van der Waals surface area (Å²) >= 11 is 0. The average Bonchev–Trinajstić information content (AvgIpc) is 2.37. The van der Waals surface area contributed by atoms with Gasteiger partial charge in [-0.1, -0.05) is 45.9 Å². The number of piperidine rings is 1. The monoisotopic (exact) mass is 288 g/mol. The standard InChI is InChI=1S/C18H28N2O/c1-13(2)16-7-5-6-8-17(16)19-18(21)12-20-10-14(3)9-15(4)11-20/h5-8,13-15H,9-12H2,1-4H3,(H,19,21)/t14-,15-/m1/s1. The molecule has 1 aliphatic heterocycles. The van der Waals surface area contributed by atoms with Gasteiger partial charge in [0, 0.05) is 18.8 Å². The zero-order valence-corrected chi connectivity index (χ0v) is 13.7. The molecule has 1 saturated heterocycles. The largest absolute Gasteiger partial charge is 0.325 e. The molecule has 1 aromatic rings. The molecule has 3 nitrogen and oxygen atoms in total. The van der Waals surface area contributed by atoms with E-state index in [1.54, 1.807) is 0 Å². The number of amides is 1. The smallest absolute Gasteiger partial charge is 0.238 e. The van der Waals surface area contributed by atoms with E-state index in [4.69, 9.17) is 0 Å². The summed E-state index contributed by atoms with van der Waals surface area (Å²) in [5.41, 5.74) is 2.15. The number of hydrogen-bond donors (Lipinski definition) is 1. The van der Waals surface area contributed by atoms with Crippen LogP contribution in [-0.2, 0) is 4.79 Å². The van der Waals surface area contributed by atoms with E-state index >= 15 is 0 Å². The van der Waals surface area contributed by atoms with Crippen molar-refractivity contribution in [2.45, 2.75) is 40.0 Å². The number of anilines is 1. The highest BCUT2D eigenvalue weighted by Crippen LogP contribution is 2.24. The first-order valence-electron chi connectivity index (χ1n) is 8.06. The lowest BCUT2D eigenvalue weighted by atomic mass is 9.92. The van der Waals surface area contributed by atoms with Crippen LogP contribution in [0.1, 0.15) is 45.6 Å². The van der Waals surface area contributed by atoms with Crippen LogP contribution < -0.4 is 5.32 Å². The van der Waals surface area contributed by atoms with E-state index in [0.29, 0.717) is 24.3 Å². The number of carbonyl (C=O) groups is 1. The first-order chi connectivity index (χ1) is 9.95. The van der Waals surface area contributed by atoms with Gasteiger partial charge in [0.05, 0.1) is 6.54 Å². The molecule has 2 atom stereocenters. The number of carbonyl (C=O) groups excluding carboxylic acids is 1. The van der Waals surface area contributed by atoms with Gasteiger partial charge >= 0.3 is 0 Å². The molecule has 1 aromatic carbocycles. The fraction of sp³-hybridized carbons (Fsp3) is 0.611. The Labute approximate surface area is 128 Å². The summed E-state index contributed by atoms with van der Waals surface area (Å²) in [5.74, 6) is 1.88. The second-order valence-corrected chi connectivity index (χ2v) is 6.93. The third-order valence-corrected chi connectivity index (χ3v) is 4.17. The molecule has 2 rings (SSSR count). The van der Waals surface area contributed by atoms with E-state index in [1.807, 2.05) is 18.2 Å². The second kappa shape index (κ2) is 7.08. The molecule has 0 aromatic heterocycles. The predicted octanol–water partition coefficient (Wildman–Crippen LogP) is 3.73. The number of hydrogen-bond acceptors (Lipinski definition) is 2. The Balaban J connectivity index is 1.96. The molecule has 1 N–H and O–H groups in total. The average molecular weight is 288 g/mol. The molecule has 1 fully saturated rings. The maximum absolute atomic E-state index is 12.3. The third-order valence-electron chi connectivity index (χ3n) is 4.17. The summed E-state index contributed by atoms with van der Waals surface area (Å²) < 4.78 is 0. The third kappa shape index (κ3) is 4.57. The van der Waals surface area contributed by atoms with Crippen molar-refractivity contribution < 1.29 is 4.79 Å². The first-order valence-corrected chi connectivity index (χ1v) is 8.06. The highest BCUT2D eigenvalue weighted by Gasteiger charge is 2.23. The number of nitrogens with zero attached hydrogens (tertiary/aromatic N) is 1. The van der Waals surface area contributed by atoms with Crippen LogP contribution in [-0.4, -0.2) is 30.4 Å². The Kier molecular flexibility index (Phi) is 5.40. The van der Waals surface area contributed by atoms with Gasteiger partial charge < -0.3 is 5.32 Å². The van der Waals surface area contributed by atoms with Crippen molar-refractivity contribution in [3.8, 4) is 0 Å². The number of para-hydroxylation sites is 1. The van der Waals surface area contributed by atoms with Gasteiger partial charge in [0.15, 0.2) is 0 Å². The van der Waals surface area contributed by atoms with Crippen LogP contribution in [0.2, 0.25) is 0 Å². The zero-order chi connectivity index (χ0) is 15.4. The molecule has 3 heteroatoms. The van der Waals surface area contributed by atoms with Crippen molar-refractivity contribution in [3.63, 3.8) is 0 Å². The molecule has 0 spiro atoms. The molecule has 0 unspecified atom stereocenters. The molecule has 1 heterocycles. The number of rotatable bonds is 4. The predicted molar refractivity (Wildman–Crippen MR) is 88.5 cm³/mol. The van der Waals surface area contributed by atoms with Gasteiger partial charge in [0.1, 0.15) is 0 Å². The lowest BCUT2D eigenvalue weighted by Crippen LogP contribution is -2.42. The first kappa shape index (κ1) is 16.0. The van der Waals surface area contributed by atoms with Crippen molar-refractivity contribution in [1.82, 2.24) is 4.90 Å². The van der Waals surface area contributed by atoms with Crippen LogP contribution >= 0.6 is 0 Å². The van der Waals surface area contributed by atoms with Crippen molar-refractivity contribution >= 4 is 11.6 Å². The lowest BCUT2D eigenvalue weighted by Gasteiger charge is -2.34. The molecule has 0 radical (unpaired) electrons. The molecule has 1 amide bonds. The van der Waals surface area contributed by atoms with E-state index in [2.05, 4.69) is 44.0 Å². The van der Waals surface area contributed by atoms with E-state index in [0.717, 1.165) is 18.8 Å². The summed E-state index contributed by atoms with van der Waals surface area (Å²) in [6, 6.07) is 8.09. The van der Waals surface area contributed by atoms with Crippen LogP contribution in [0.25, 0.3) is 0 Å². The highest BCUT2D eigenvalue weighted by atomic mass is 16.2. The molecule has 21 heavy (non-hydrogen) atoms. The summed E-state index contributed by atoms with van der Waals surface area (Å²) in [6.45, 7) is 11.4. The Morgan fingerprint density at radius 1 is 1.24 bits per heavy atom. The van der Waals surface area contributed by atoms with Crippen LogP contribution in [0.5, 0.6) is 0 Å². The van der Waals surface area contributed by atoms with Gasteiger partial charge in [-0.25, -0.2) is 0 Å². The topological polar surface area (TPSA) is 32.3 Å². The Morgan fingerprint density at radius 3 is 2.48 bits per heavy atom. The normalized spacial score (nSPS) is 23.3. The van der Waals surface area contributed by atoms with Gasteiger partial charge in [-0.05, 0) is 35.8 Å². The van der Waals surface area contributed by atoms with Crippen LogP contribution in [0.3, 0.4) is 0 Å². The van der Waals surface area contributed by atoms with E-state index in [9.17, 15) is 4.79 Å². The number of likely N-dealkylation sites (tertiary alicyclic amines) is 1. The van der Waals surface area contributed by atoms with Gasteiger partial charge in [-0.3, -0.25) is 9.69 Å². The van der Waals surface area contributed by atoms with Gasteiger partial charge in [0.2, 0.25) is 5.91 Å². The SMILES string of the molecule is CC(C)c1ccccc1NC(=O)CN1C[C@H](C)C[C@@H](C)C1. The molecule has 0 aliphatic carbocycles. The second-order valence-electron chi connectivity index (χ2n) is 6.93. The fourth-order valence-electron chi connectivity index (χ4n) is 3.43. The Hall–Kier alpha value is -1.35. The highest BCUT2D eigenvalue weighted by molar-refractivity contribution is 5.93. The number of benzene rings is 1. The fourth-order valence-corrected chi connectivity index (χ4v) is 3.43. The molecular formula is C18H28N2O. The van der Waals surface area contributed by atoms with Crippen molar-refractivity contribution in [2.24, 2.45) is 11.8 Å². The van der Waals surface area contributed by atoms with Crippen molar-refractivity contribution in [3.05, 3.63) is 29.8 Å². The summed E-state index contributed by atoms with van der Waals surface area (Å²) in [7, 11) is 0. The minimum Gasteiger partial charge on any atom is -0.325 e. The molecule has 0 bridgehead atoms. The summed E-state index contributed by atoms with van der Waals surface area (Å²) in [5, 5.41) is 3.09. The van der Waals surface area contributed by atoms with Crippen LogP contribution in [0.15, 0.2) is 24.3 Å². The van der Waals surface area contributed by atoms with Gasteiger partial charge in [-0.2, -0.15) is 0 Å². The minimum atomic E-state index is 0.101. The molecule has 1 aliphatic rings. The van der Waals surface area contributed by atoms with E-state index in [-0.39, 0.29) is 5.91 Å². The zero-order valence-electron chi connectivity index (χ0n) is 13.7. The Morgan fingerprint density at radius 2 is 1.86 bits per heavy atom. The quantitative estimate of drug-likeness (QED) is 0.915. The van der Waals surface area contributed by atoms with Crippen LogP contribution in [0, 0.1) is 11.8 Å².